The highest BCUT2D eigenvalue weighted by Crippen LogP contribution is 2.32. The van der Waals surface area contributed by atoms with Gasteiger partial charge in [-0.3, -0.25) is 4.79 Å². The van der Waals surface area contributed by atoms with Gasteiger partial charge in [-0.05, 0) is 73.9 Å². The quantitative estimate of drug-likeness (QED) is 0.706. The maximum atomic E-state index is 12.8. The highest BCUT2D eigenvalue weighted by Gasteiger charge is 2.22. The Balaban J connectivity index is 1.70. The van der Waals surface area contributed by atoms with Crippen LogP contribution in [0.15, 0.2) is 36.4 Å². The third-order valence-corrected chi connectivity index (χ3v) is 5.56. The van der Waals surface area contributed by atoms with Crippen molar-refractivity contribution in [3.63, 3.8) is 0 Å². The van der Waals surface area contributed by atoms with Crippen LogP contribution in [0.4, 0.5) is 0 Å². The van der Waals surface area contributed by atoms with Gasteiger partial charge in [-0.15, -0.1) is 0 Å². The van der Waals surface area contributed by atoms with E-state index in [1.807, 2.05) is 37.3 Å². The molecule has 2 aromatic carbocycles. The second-order valence-corrected chi connectivity index (χ2v) is 7.44. The molecule has 5 nitrogen and oxygen atoms in total. The largest absolute Gasteiger partial charge is 0.493 e. The molecule has 3 rings (SSSR count). The molecule has 1 amide bonds. The number of benzene rings is 2. The maximum absolute atomic E-state index is 12.8. The van der Waals surface area contributed by atoms with Crippen molar-refractivity contribution in [2.24, 2.45) is 0 Å². The molecule has 0 saturated carbocycles. The summed E-state index contributed by atoms with van der Waals surface area (Å²) in [6, 6.07) is 11.7. The molecule has 0 aliphatic heterocycles. The van der Waals surface area contributed by atoms with E-state index in [0.717, 1.165) is 30.6 Å². The number of hydrogen-bond donors (Lipinski definition) is 1. The molecule has 0 radical (unpaired) electrons. The van der Waals surface area contributed by atoms with Crippen molar-refractivity contribution in [3.8, 4) is 17.2 Å². The molecular formula is C24H31NO4. The molecular weight excluding hydrogens is 366 g/mol. The molecule has 0 heterocycles. The zero-order valence-electron chi connectivity index (χ0n) is 17.8. The van der Waals surface area contributed by atoms with Crippen LogP contribution in [0.3, 0.4) is 0 Å². The van der Waals surface area contributed by atoms with Crippen LogP contribution in [-0.2, 0) is 17.6 Å². The van der Waals surface area contributed by atoms with E-state index >= 15 is 0 Å². The SMILES string of the molecule is CC[C@@H](NC(=O)[C@H](C)Oc1cccc2c1CCCC2)c1ccc(OC)c(OC)c1. The Bertz CT molecular complexity index is 849. The monoisotopic (exact) mass is 397 g/mol. The number of methoxy groups -OCH3 is 2. The Labute approximate surface area is 173 Å². The molecule has 2 aromatic rings. The summed E-state index contributed by atoms with van der Waals surface area (Å²) in [5, 5.41) is 3.11. The lowest BCUT2D eigenvalue weighted by Crippen LogP contribution is -2.38. The van der Waals surface area contributed by atoms with E-state index in [1.54, 1.807) is 21.1 Å². The van der Waals surface area contributed by atoms with Crippen molar-refractivity contribution >= 4 is 5.91 Å². The van der Waals surface area contributed by atoms with Gasteiger partial charge in [0.2, 0.25) is 0 Å². The third-order valence-electron chi connectivity index (χ3n) is 5.56. The summed E-state index contributed by atoms with van der Waals surface area (Å²) < 4.78 is 16.8. The number of hydrogen-bond acceptors (Lipinski definition) is 4. The molecule has 2 atom stereocenters. The second kappa shape index (κ2) is 9.68. The summed E-state index contributed by atoms with van der Waals surface area (Å²) in [6.45, 7) is 3.85. The lowest BCUT2D eigenvalue weighted by Gasteiger charge is -2.24. The molecule has 0 saturated heterocycles. The molecule has 29 heavy (non-hydrogen) atoms. The molecule has 0 bridgehead atoms. The first-order valence-corrected chi connectivity index (χ1v) is 10.4. The van der Waals surface area contributed by atoms with Crippen molar-refractivity contribution < 1.29 is 19.0 Å². The molecule has 0 spiro atoms. The van der Waals surface area contributed by atoms with Gasteiger partial charge in [0.25, 0.3) is 5.91 Å². The number of aryl methyl sites for hydroxylation is 1. The van der Waals surface area contributed by atoms with Crippen molar-refractivity contribution in [3.05, 3.63) is 53.1 Å². The lowest BCUT2D eigenvalue weighted by atomic mass is 9.91. The van der Waals surface area contributed by atoms with E-state index in [0.29, 0.717) is 11.5 Å². The molecule has 0 fully saturated rings. The van der Waals surface area contributed by atoms with E-state index in [4.69, 9.17) is 14.2 Å². The average Bonchev–Trinajstić information content (AvgIpc) is 2.77. The average molecular weight is 398 g/mol. The van der Waals surface area contributed by atoms with Gasteiger partial charge in [0, 0.05) is 0 Å². The molecule has 1 N–H and O–H groups in total. The van der Waals surface area contributed by atoms with Gasteiger partial charge in [-0.1, -0.05) is 25.1 Å². The van der Waals surface area contributed by atoms with Crippen molar-refractivity contribution in [1.82, 2.24) is 5.32 Å². The standard InChI is InChI=1S/C24H31NO4/c1-5-20(18-13-14-22(27-3)23(15-18)28-4)25-24(26)16(2)29-21-12-8-10-17-9-6-7-11-19(17)21/h8,10,12-16,20H,5-7,9,11H2,1-4H3,(H,25,26)/t16-,20+/m0/s1. The van der Waals surface area contributed by atoms with Crippen LogP contribution < -0.4 is 19.5 Å². The summed E-state index contributed by atoms with van der Waals surface area (Å²) in [5.41, 5.74) is 3.58. The van der Waals surface area contributed by atoms with Gasteiger partial charge >= 0.3 is 0 Å². The summed E-state index contributed by atoms with van der Waals surface area (Å²) in [6.07, 6.45) is 4.68. The number of amides is 1. The minimum Gasteiger partial charge on any atom is -0.493 e. The Hall–Kier alpha value is -2.69. The first-order chi connectivity index (χ1) is 14.1. The summed E-state index contributed by atoms with van der Waals surface area (Å²) in [4.78, 5) is 12.8. The number of rotatable bonds is 8. The zero-order chi connectivity index (χ0) is 20.8. The van der Waals surface area contributed by atoms with Crippen LogP contribution >= 0.6 is 0 Å². The van der Waals surface area contributed by atoms with Crippen LogP contribution in [0, 0.1) is 0 Å². The topological polar surface area (TPSA) is 56.8 Å². The Kier molecular flexibility index (Phi) is 7.02. The minimum absolute atomic E-state index is 0.125. The Morgan fingerprint density at radius 3 is 2.52 bits per heavy atom. The van der Waals surface area contributed by atoms with Gasteiger partial charge in [0.05, 0.1) is 20.3 Å². The van der Waals surface area contributed by atoms with Crippen LogP contribution in [0.2, 0.25) is 0 Å². The summed E-state index contributed by atoms with van der Waals surface area (Å²) in [7, 11) is 3.22. The van der Waals surface area contributed by atoms with Gasteiger partial charge in [-0.2, -0.15) is 0 Å². The fraction of sp³-hybridized carbons (Fsp3) is 0.458. The van der Waals surface area contributed by atoms with Gasteiger partial charge < -0.3 is 19.5 Å². The van der Waals surface area contributed by atoms with E-state index in [9.17, 15) is 4.79 Å². The number of fused-ring (bicyclic) bond motifs is 1. The fourth-order valence-electron chi connectivity index (χ4n) is 3.88. The van der Waals surface area contributed by atoms with Crippen LogP contribution in [0.25, 0.3) is 0 Å². The Morgan fingerprint density at radius 2 is 1.79 bits per heavy atom. The fourth-order valence-corrected chi connectivity index (χ4v) is 3.88. The second-order valence-electron chi connectivity index (χ2n) is 7.44. The van der Waals surface area contributed by atoms with E-state index in [2.05, 4.69) is 11.4 Å². The van der Waals surface area contributed by atoms with Gasteiger partial charge in [0.1, 0.15) is 5.75 Å². The third kappa shape index (κ3) is 4.84. The van der Waals surface area contributed by atoms with Crippen LogP contribution in [0.1, 0.15) is 55.8 Å². The normalized spacial score (nSPS) is 15.0. The molecule has 5 heteroatoms. The maximum Gasteiger partial charge on any atom is 0.261 e. The molecule has 0 aromatic heterocycles. The summed E-state index contributed by atoms with van der Waals surface area (Å²) in [5.74, 6) is 2.03. The van der Waals surface area contributed by atoms with E-state index in [1.165, 1.54) is 24.0 Å². The molecule has 0 unspecified atom stereocenters. The van der Waals surface area contributed by atoms with E-state index < -0.39 is 6.10 Å². The highest BCUT2D eigenvalue weighted by atomic mass is 16.5. The zero-order valence-corrected chi connectivity index (χ0v) is 17.8. The highest BCUT2D eigenvalue weighted by molar-refractivity contribution is 5.81. The Morgan fingerprint density at radius 1 is 1.03 bits per heavy atom. The van der Waals surface area contributed by atoms with Crippen LogP contribution in [-0.4, -0.2) is 26.2 Å². The van der Waals surface area contributed by atoms with Crippen molar-refractivity contribution in [2.75, 3.05) is 14.2 Å². The number of carbonyl (C=O) groups excluding carboxylic acids is 1. The van der Waals surface area contributed by atoms with Gasteiger partial charge in [0.15, 0.2) is 17.6 Å². The molecule has 1 aliphatic rings. The van der Waals surface area contributed by atoms with Crippen molar-refractivity contribution in [1.29, 1.82) is 0 Å². The number of nitrogens with one attached hydrogen (secondary N) is 1. The molecule has 156 valence electrons. The predicted molar refractivity (Wildman–Crippen MR) is 114 cm³/mol. The summed E-state index contributed by atoms with van der Waals surface area (Å²) >= 11 is 0. The first-order valence-electron chi connectivity index (χ1n) is 10.4. The smallest absolute Gasteiger partial charge is 0.261 e. The van der Waals surface area contributed by atoms with Crippen LogP contribution in [0.5, 0.6) is 17.2 Å². The lowest BCUT2D eigenvalue weighted by molar-refractivity contribution is -0.128. The number of ether oxygens (including phenoxy) is 3. The predicted octanol–water partition coefficient (Wildman–Crippen LogP) is 4.62. The van der Waals surface area contributed by atoms with E-state index in [-0.39, 0.29) is 11.9 Å². The van der Waals surface area contributed by atoms with Gasteiger partial charge in [-0.25, -0.2) is 0 Å². The first kappa shape index (κ1) is 21.0. The number of carbonyl (C=O) groups is 1. The minimum atomic E-state index is -0.572. The van der Waals surface area contributed by atoms with Crippen molar-refractivity contribution in [2.45, 2.75) is 58.1 Å². The molecule has 1 aliphatic carbocycles.